The molecule has 3 heteroatoms. The van der Waals surface area contributed by atoms with Gasteiger partial charge in [0.15, 0.2) is 0 Å². The van der Waals surface area contributed by atoms with Crippen molar-refractivity contribution in [2.45, 2.75) is 6.42 Å². The minimum absolute atomic E-state index is 0.156. The van der Waals surface area contributed by atoms with Gasteiger partial charge in [-0.25, -0.2) is 4.79 Å². The zero-order chi connectivity index (χ0) is 11.7. The van der Waals surface area contributed by atoms with Crippen LogP contribution in [0.25, 0.3) is 11.0 Å². The van der Waals surface area contributed by atoms with E-state index in [1.54, 1.807) is 0 Å². The standard InChI is InChI=1S/C14H12N2O/c17-14-15-12-7-6-11(9-13(12)16-14)8-10-4-2-1-3-5-10/h1-7,9H,8H2,(H2,15,16,17). The molecule has 3 nitrogen and oxygen atoms in total. The normalized spacial score (nSPS) is 10.8. The van der Waals surface area contributed by atoms with Gasteiger partial charge in [0, 0.05) is 0 Å². The summed E-state index contributed by atoms with van der Waals surface area (Å²) in [6, 6.07) is 16.3. The Labute approximate surface area is 98.1 Å². The van der Waals surface area contributed by atoms with Crippen LogP contribution < -0.4 is 5.69 Å². The number of aromatic amines is 2. The van der Waals surface area contributed by atoms with Crippen LogP contribution in [0.3, 0.4) is 0 Å². The lowest BCUT2D eigenvalue weighted by atomic mass is 10.0. The van der Waals surface area contributed by atoms with E-state index in [0.29, 0.717) is 0 Å². The van der Waals surface area contributed by atoms with Crippen molar-refractivity contribution in [3.05, 3.63) is 70.1 Å². The summed E-state index contributed by atoms with van der Waals surface area (Å²) in [6.07, 6.45) is 0.879. The van der Waals surface area contributed by atoms with Crippen LogP contribution >= 0.6 is 0 Å². The van der Waals surface area contributed by atoms with Crippen molar-refractivity contribution in [1.82, 2.24) is 9.97 Å². The van der Waals surface area contributed by atoms with Gasteiger partial charge in [-0.15, -0.1) is 0 Å². The molecule has 3 aromatic rings. The number of aromatic nitrogens is 2. The molecule has 0 unspecified atom stereocenters. The van der Waals surface area contributed by atoms with E-state index in [4.69, 9.17) is 0 Å². The highest BCUT2D eigenvalue weighted by Gasteiger charge is 2.00. The van der Waals surface area contributed by atoms with Gasteiger partial charge < -0.3 is 9.97 Å². The Hall–Kier alpha value is -2.29. The molecule has 1 aromatic heterocycles. The molecule has 0 radical (unpaired) electrons. The number of hydrogen-bond donors (Lipinski definition) is 2. The van der Waals surface area contributed by atoms with Crippen LogP contribution in [0.4, 0.5) is 0 Å². The number of fused-ring (bicyclic) bond motifs is 1. The number of nitrogens with one attached hydrogen (secondary N) is 2. The van der Waals surface area contributed by atoms with Gasteiger partial charge >= 0.3 is 5.69 Å². The highest BCUT2D eigenvalue weighted by molar-refractivity contribution is 5.75. The molecule has 2 aromatic carbocycles. The highest BCUT2D eigenvalue weighted by Crippen LogP contribution is 2.14. The van der Waals surface area contributed by atoms with Crippen molar-refractivity contribution in [3.8, 4) is 0 Å². The third-order valence-electron chi connectivity index (χ3n) is 2.83. The maximum absolute atomic E-state index is 11.1. The summed E-state index contributed by atoms with van der Waals surface area (Å²) in [4.78, 5) is 16.7. The zero-order valence-corrected chi connectivity index (χ0v) is 9.23. The van der Waals surface area contributed by atoms with Crippen molar-refractivity contribution in [3.63, 3.8) is 0 Å². The first-order valence-corrected chi connectivity index (χ1v) is 5.56. The molecule has 84 valence electrons. The third kappa shape index (κ3) is 1.99. The quantitative estimate of drug-likeness (QED) is 0.690. The molecule has 0 saturated heterocycles. The molecule has 17 heavy (non-hydrogen) atoms. The Kier molecular flexibility index (Phi) is 2.29. The van der Waals surface area contributed by atoms with Gasteiger partial charge in [0.2, 0.25) is 0 Å². The van der Waals surface area contributed by atoms with Crippen molar-refractivity contribution >= 4 is 11.0 Å². The SMILES string of the molecule is O=c1[nH]c2ccc(Cc3ccccc3)cc2[nH]1. The van der Waals surface area contributed by atoms with Crippen molar-refractivity contribution < 1.29 is 0 Å². The predicted octanol–water partition coefficient (Wildman–Crippen LogP) is 2.45. The van der Waals surface area contributed by atoms with Crippen LogP contribution in [0.15, 0.2) is 53.3 Å². The van der Waals surface area contributed by atoms with Gasteiger partial charge in [-0.1, -0.05) is 36.4 Å². The van der Waals surface area contributed by atoms with E-state index >= 15 is 0 Å². The van der Waals surface area contributed by atoms with Crippen LogP contribution in [0.2, 0.25) is 0 Å². The van der Waals surface area contributed by atoms with Gasteiger partial charge in [0.1, 0.15) is 0 Å². The maximum Gasteiger partial charge on any atom is 0.323 e. The largest absolute Gasteiger partial charge is 0.323 e. The summed E-state index contributed by atoms with van der Waals surface area (Å²) in [6.45, 7) is 0. The summed E-state index contributed by atoms with van der Waals surface area (Å²) < 4.78 is 0. The summed E-state index contributed by atoms with van der Waals surface area (Å²) >= 11 is 0. The summed E-state index contributed by atoms with van der Waals surface area (Å²) in [5.74, 6) is 0. The molecular formula is C14H12N2O. The number of rotatable bonds is 2. The zero-order valence-electron chi connectivity index (χ0n) is 9.23. The molecule has 0 saturated carbocycles. The Morgan fingerprint density at radius 2 is 1.59 bits per heavy atom. The van der Waals surface area contributed by atoms with E-state index in [2.05, 4.69) is 22.1 Å². The van der Waals surface area contributed by atoms with E-state index < -0.39 is 0 Å². The average molecular weight is 224 g/mol. The Balaban J connectivity index is 1.98. The second-order valence-electron chi connectivity index (χ2n) is 4.12. The van der Waals surface area contributed by atoms with Crippen LogP contribution in [0.5, 0.6) is 0 Å². The fourth-order valence-electron chi connectivity index (χ4n) is 2.02. The monoisotopic (exact) mass is 224 g/mol. The number of hydrogen-bond acceptors (Lipinski definition) is 1. The van der Waals surface area contributed by atoms with E-state index in [-0.39, 0.29) is 5.69 Å². The van der Waals surface area contributed by atoms with Crippen LogP contribution in [0.1, 0.15) is 11.1 Å². The summed E-state index contributed by atoms with van der Waals surface area (Å²) in [5.41, 5.74) is 4.02. The smallest absolute Gasteiger partial charge is 0.306 e. The predicted molar refractivity (Wildman–Crippen MR) is 68.2 cm³/mol. The van der Waals surface area contributed by atoms with Crippen molar-refractivity contribution in [2.24, 2.45) is 0 Å². The molecule has 0 spiro atoms. The first kappa shape index (κ1) is 9.90. The number of imidazole rings is 1. The molecule has 0 bridgehead atoms. The molecule has 3 rings (SSSR count). The number of H-pyrrole nitrogens is 2. The lowest BCUT2D eigenvalue weighted by Crippen LogP contribution is -1.99. The Bertz CT molecular complexity index is 695. The molecule has 1 heterocycles. The first-order chi connectivity index (χ1) is 8.31. The topological polar surface area (TPSA) is 48.6 Å². The van der Waals surface area contributed by atoms with E-state index in [0.717, 1.165) is 17.5 Å². The lowest BCUT2D eigenvalue weighted by Gasteiger charge is -2.01. The minimum Gasteiger partial charge on any atom is -0.306 e. The maximum atomic E-state index is 11.1. The van der Waals surface area contributed by atoms with E-state index in [9.17, 15) is 4.79 Å². The molecular weight excluding hydrogens is 212 g/mol. The lowest BCUT2D eigenvalue weighted by molar-refractivity contribution is 1.19. The van der Waals surface area contributed by atoms with E-state index in [1.165, 1.54) is 11.1 Å². The Morgan fingerprint density at radius 3 is 2.41 bits per heavy atom. The summed E-state index contributed by atoms with van der Waals surface area (Å²) in [7, 11) is 0. The van der Waals surface area contributed by atoms with Gasteiger partial charge in [-0.3, -0.25) is 0 Å². The minimum atomic E-state index is -0.156. The molecule has 0 amide bonds. The highest BCUT2D eigenvalue weighted by atomic mass is 16.1. The fourth-order valence-corrected chi connectivity index (χ4v) is 2.02. The first-order valence-electron chi connectivity index (χ1n) is 5.56. The van der Waals surface area contributed by atoms with Crippen LogP contribution in [-0.4, -0.2) is 9.97 Å². The summed E-state index contributed by atoms with van der Waals surface area (Å²) in [5, 5.41) is 0. The van der Waals surface area contributed by atoms with Gasteiger partial charge in [-0.2, -0.15) is 0 Å². The Morgan fingerprint density at radius 1 is 0.824 bits per heavy atom. The second-order valence-corrected chi connectivity index (χ2v) is 4.12. The molecule has 2 N–H and O–H groups in total. The molecule has 0 fully saturated rings. The third-order valence-corrected chi connectivity index (χ3v) is 2.83. The van der Waals surface area contributed by atoms with E-state index in [1.807, 2.05) is 36.4 Å². The van der Waals surface area contributed by atoms with Crippen molar-refractivity contribution in [2.75, 3.05) is 0 Å². The van der Waals surface area contributed by atoms with Crippen LogP contribution in [0, 0.1) is 0 Å². The molecule has 0 atom stereocenters. The van der Waals surface area contributed by atoms with Crippen LogP contribution in [-0.2, 0) is 6.42 Å². The molecule has 0 aliphatic carbocycles. The molecule has 0 aliphatic rings. The molecule has 0 aliphatic heterocycles. The van der Waals surface area contributed by atoms with Gasteiger partial charge in [-0.05, 0) is 29.7 Å². The second kappa shape index (κ2) is 3.94. The average Bonchev–Trinajstić information content (AvgIpc) is 2.70. The van der Waals surface area contributed by atoms with Gasteiger partial charge in [0.25, 0.3) is 0 Å². The number of benzene rings is 2. The van der Waals surface area contributed by atoms with Crippen molar-refractivity contribution in [1.29, 1.82) is 0 Å². The fraction of sp³-hybridized carbons (Fsp3) is 0.0714. The van der Waals surface area contributed by atoms with Gasteiger partial charge in [0.05, 0.1) is 11.0 Å².